The van der Waals surface area contributed by atoms with Crippen LogP contribution in [-0.4, -0.2) is 36.4 Å². The standard InChI is InChI=1S/C13H17NO4S/c1-3-14(10-5-6-10)19(17,18)12-7-4-9(2)8-11(12)13(15)16/h4,7-8,10H,3,5-6H2,1-2H3,(H,15,16). The van der Waals surface area contributed by atoms with Crippen LogP contribution in [0.3, 0.4) is 0 Å². The zero-order chi connectivity index (χ0) is 14.2. The van der Waals surface area contributed by atoms with Crippen molar-refractivity contribution < 1.29 is 18.3 Å². The molecule has 1 fully saturated rings. The number of hydrogen-bond donors (Lipinski definition) is 1. The van der Waals surface area contributed by atoms with Gasteiger partial charge >= 0.3 is 5.97 Å². The van der Waals surface area contributed by atoms with Crippen LogP contribution in [0.25, 0.3) is 0 Å². The van der Waals surface area contributed by atoms with E-state index >= 15 is 0 Å². The van der Waals surface area contributed by atoms with Gasteiger partial charge in [-0.1, -0.05) is 18.6 Å². The van der Waals surface area contributed by atoms with Crippen LogP contribution < -0.4 is 0 Å². The molecule has 1 aliphatic rings. The highest BCUT2D eigenvalue weighted by Crippen LogP contribution is 2.32. The van der Waals surface area contributed by atoms with Crippen LogP contribution in [0.4, 0.5) is 0 Å². The lowest BCUT2D eigenvalue weighted by atomic mass is 10.1. The third kappa shape index (κ3) is 2.64. The first-order chi connectivity index (χ1) is 8.87. The van der Waals surface area contributed by atoms with Gasteiger partial charge in [-0.15, -0.1) is 0 Å². The molecule has 19 heavy (non-hydrogen) atoms. The molecule has 2 rings (SSSR count). The van der Waals surface area contributed by atoms with E-state index in [1.54, 1.807) is 19.9 Å². The van der Waals surface area contributed by atoms with Crippen LogP contribution in [-0.2, 0) is 10.0 Å². The molecule has 0 heterocycles. The van der Waals surface area contributed by atoms with Gasteiger partial charge in [-0.25, -0.2) is 13.2 Å². The van der Waals surface area contributed by atoms with Crippen molar-refractivity contribution in [1.82, 2.24) is 4.31 Å². The number of hydrogen-bond acceptors (Lipinski definition) is 3. The predicted octanol–water partition coefficient (Wildman–Crippen LogP) is 1.87. The highest BCUT2D eigenvalue weighted by Gasteiger charge is 2.38. The molecule has 5 nitrogen and oxygen atoms in total. The van der Waals surface area contributed by atoms with E-state index in [0.29, 0.717) is 6.54 Å². The van der Waals surface area contributed by atoms with Crippen molar-refractivity contribution in [2.75, 3.05) is 6.54 Å². The summed E-state index contributed by atoms with van der Waals surface area (Å²) in [7, 11) is -3.73. The average molecular weight is 283 g/mol. The Bertz CT molecular complexity index is 605. The third-order valence-corrected chi connectivity index (χ3v) is 5.30. The summed E-state index contributed by atoms with van der Waals surface area (Å²) in [6.45, 7) is 3.87. The summed E-state index contributed by atoms with van der Waals surface area (Å²) in [5, 5.41) is 9.18. The maximum atomic E-state index is 12.5. The first-order valence-electron chi connectivity index (χ1n) is 6.23. The summed E-state index contributed by atoms with van der Waals surface area (Å²) in [5.74, 6) is -1.21. The molecule has 1 aliphatic carbocycles. The largest absolute Gasteiger partial charge is 0.478 e. The van der Waals surface area contributed by atoms with Gasteiger partial charge in [-0.2, -0.15) is 4.31 Å². The Hall–Kier alpha value is -1.40. The molecule has 0 amide bonds. The smallest absolute Gasteiger partial charge is 0.337 e. The van der Waals surface area contributed by atoms with Gasteiger partial charge < -0.3 is 5.11 Å². The summed E-state index contributed by atoms with van der Waals surface area (Å²) in [6.07, 6.45) is 1.70. The van der Waals surface area contributed by atoms with E-state index in [9.17, 15) is 18.3 Å². The number of carbonyl (C=O) groups is 1. The zero-order valence-corrected chi connectivity index (χ0v) is 11.8. The molecular weight excluding hydrogens is 266 g/mol. The Labute approximate surface area is 112 Å². The minimum Gasteiger partial charge on any atom is -0.478 e. The Morgan fingerprint density at radius 1 is 1.42 bits per heavy atom. The molecule has 104 valence electrons. The quantitative estimate of drug-likeness (QED) is 0.895. The predicted molar refractivity (Wildman–Crippen MR) is 70.7 cm³/mol. The van der Waals surface area contributed by atoms with Crippen molar-refractivity contribution in [1.29, 1.82) is 0 Å². The molecule has 0 unspecified atom stereocenters. The normalized spacial score (nSPS) is 15.7. The average Bonchev–Trinajstić information content (AvgIpc) is 3.13. The van der Waals surface area contributed by atoms with Gasteiger partial charge in [0.15, 0.2) is 0 Å². The van der Waals surface area contributed by atoms with E-state index < -0.39 is 16.0 Å². The molecule has 0 spiro atoms. The molecule has 0 bridgehead atoms. The van der Waals surface area contributed by atoms with Crippen molar-refractivity contribution in [2.45, 2.75) is 37.6 Å². The summed E-state index contributed by atoms with van der Waals surface area (Å²) < 4.78 is 26.5. The molecule has 1 N–H and O–H groups in total. The van der Waals surface area contributed by atoms with E-state index in [0.717, 1.165) is 18.4 Å². The van der Waals surface area contributed by atoms with Crippen molar-refractivity contribution in [3.05, 3.63) is 29.3 Å². The molecule has 0 radical (unpaired) electrons. The zero-order valence-electron chi connectivity index (χ0n) is 11.0. The van der Waals surface area contributed by atoms with Gasteiger partial charge in [0.1, 0.15) is 0 Å². The Kier molecular flexibility index (Phi) is 3.64. The number of rotatable bonds is 5. The molecule has 0 saturated heterocycles. The summed E-state index contributed by atoms with van der Waals surface area (Å²) >= 11 is 0. The Balaban J connectivity index is 2.53. The van der Waals surface area contributed by atoms with Crippen LogP contribution in [0.15, 0.2) is 23.1 Å². The first kappa shape index (κ1) is 14.0. The molecule has 6 heteroatoms. The first-order valence-corrected chi connectivity index (χ1v) is 7.67. The number of aryl methyl sites for hydroxylation is 1. The number of sulfonamides is 1. The van der Waals surface area contributed by atoms with Gasteiger partial charge in [-0.05, 0) is 31.9 Å². The number of aromatic carboxylic acids is 1. The second-order valence-corrected chi connectivity index (χ2v) is 6.60. The van der Waals surface area contributed by atoms with E-state index in [2.05, 4.69) is 0 Å². The van der Waals surface area contributed by atoms with E-state index in [1.807, 2.05) is 0 Å². The molecule has 0 aliphatic heterocycles. The van der Waals surface area contributed by atoms with E-state index in [1.165, 1.54) is 16.4 Å². The topological polar surface area (TPSA) is 74.7 Å². The minimum absolute atomic E-state index is 0.0259. The molecule has 1 saturated carbocycles. The summed E-state index contributed by atoms with van der Waals surface area (Å²) in [4.78, 5) is 11.1. The fraction of sp³-hybridized carbons (Fsp3) is 0.462. The van der Waals surface area contributed by atoms with E-state index in [-0.39, 0.29) is 16.5 Å². The highest BCUT2D eigenvalue weighted by atomic mass is 32.2. The van der Waals surface area contributed by atoms with Crippen molar-refractivity contribution in [3.63, 3.8) is 0 Å². The van der Waals surface area contributed by atoms with Crippen molar-refractivity contribution in [2.24, 2.45) is 0 Å². The maximum Gasteiger partial charge on any atom is 0.337 e. The van der Waals surface area contributed by atoms with Crippen LogP contribution in [0, 0.1) is 6.92 Å². The van der Waals surface area contributed by atoms with Gasteiger partial charge in [0.05, 0.1) is 10.5 Å². The third-order valence-electron chi connectivity index (χ3n) is 3.22. The highest BCUT2D eigenvalue weighted by molar-refractivity contribution is 7.89. The lowest BCUT2D eigenvalue weighted by Crippen LogP contribution is -2.33. The maximum absolute atomic E-state index is 12.5. The molecule has 1 aromatic rings. The number of nitrogens with zero attached hydrogens (tertiary/aromatic N) is 1. The number of carboxylic acid groups (broad SMARTS) is 1. The minimum atomic E-state index is -3.73. The van der Waals surface area contributed by atoms with Crippen molar-refractivity contribution >= 4 is 16.0 Å². The van der Waals surface area contributed by atoms with Gasteiger partial charge in [0, 0.05) is 12.6 Å². The van der Waals surface area contributed by atoms with Crippen LogP contribution in [0.5, 0.6) is 0 Å². The number of benzene rings is 1. The number of carboxylic acids is 1. The van der Waals surface area contributed by atoms with Gasteiger partial charge in [0.25, 0.3) is 0 Å². The second kappa shape index (κ2) is 4.94. The monoisotopic (exact) mass is 283 g/mol. The van der Waals surface area contributed by atoms with Crippen LogP contribution >= 0.6 is 0 Å². The fourth-order valence-electron chi connectivity index (χ4n) is 2.15. The Morgan fingerprint density at radius 2 is 2.05 bits per heavy atom. The van der Waals surface area contributed by atoms with Gasteiger partial charge in [-0.3, -0.25) is 0 Å². The molecular formula is C13H17NO4S. The summed E-state index contributed by atoms with van der Waals surface area (Å²) in [5.41, 5.74) is 0.574. The Morgan fingerprint density at radius 3 is 2.53 bits per heavy atom. The summed E-state index contributed by atoms with van der Waals surface area (Å²) in [6, 6.07) is 4.44. The van der Waals surface area contributed by atoms with E-state index in [4.69, 9.17) is 0 Å². The van der Waals surface area contributed by atoms with Crippen LogP contribution in [0.2, 0.25) is 0 Å². The molecule has 0 atom stereocenters. The van der Waals surface area contributed by atoms with Crippen molar-refractivity contribution in [3.8, 4) is 0 Å². The molecule has 0 aromatic heterocycles. The van der Waals surface area contributed by atoms with Gasteiger partial charge in [0.2, 0.25) is 10.0 Å². The lowest BCUT2D eigenvalue weighted by Gasteiger charge is -2.21. The SMILES string of the molecule is CCN(C1CC1)S(=O)(=O)c1ccc(C)cc1C(=O)O. The second-order valence-electron chi connectivity index (χ2n) is 4.74. The molecule has 1 aromatic carbocycles. The van der Waals surface area contributed by atoms with Crippen LogP contribution in [0.1, 0.15) is 35.7 Å². The lowest BCUT2D eigenvalue weighted by molar-refractivity contribution is 0.0692. The fourth-order valence-corrected chi connectivity index (χ4v) is 4.01.